The third kappa shape index (κ3) is 7.01. The maximum Gasteiger partial charge on any atom is 0.407 e. The van der Waals surface area contributed by atoms with Crippen LogP contribution in [0.5, 0.6) is 0 Å². The number of rotatable bonds is 10. The van der Waals surface area contributed by atoms with Crippen molar-refractivity contribution in [3.05, 3.63) is 24.3 Å². The van der Waals surface area contributed by atoms with Crippen LogP contribution < -0.4 is 21.4 Å². The molecule has 36 heavy (non-hydrogen) atoms. The number of hydrogen-bond acceptors (Lipinski definition) is 8. The van der Waals surface area contributed by atoms with E-state index >= 15 is 0 Å². The molecule has 1 amide bonds. The highest BCUT2D eigenvalue weighted by Crippen LogP contribution is 2.33. The standard InChI is InChI=1S/C27H45N5O4/c1-5-18(3)29-27(33)36-20-10-9-19(13-20)24-14-25(32-31-24)30-23-8-6-7-22(26(23)28-4)17(2)15-35-21-11-12-34-16-21/h6,8,18-24,26,28,31H,2,5,7,9-16H2,1,3-4H3,(H,29,33)(H,30,32)/t18?,19-,20+,21?,22?,23?,24?,26?/m0/s1. The van der Waals surface area contributed by atoms with E-state index in [1.807, 2.05) is 20.9 Å². The van der Waals surface area contributed by atoms with E-state index in [9.17, 15) is 4.79 Å². The van der Waals surface area contributed by atoms with Gasteiger partial charge in [0, 0.05) is 31.0 Å². The molecule has 6 unspecified atom stereocenters. The molecule has 4 rings (SSSR count). The lowest BCUT2D eigenvalue weighted by Gasteiger charge is -2.37. The van der Waals surface area contributed by atoms with Crippen molar-refractivity contribution in [3.8, 4) is 0 Å². The molecule has 202 valence electrons. The number of allylic oxidation sites excluding steroid dienone is 1. The van der Waals surface area contributed by atoms with E-state index in [4.69, 9.17) is 14.2 Å². The van der Waals surface area contributed by atoms with Gasteiger partial charge >= 0.3 is 6.09 Å². The lowest BCUT2D eigenvalue weighted by molar-refractivity contribution is 0.0520. The molecule has 0 aromatic heterocycles. The van der Waals surface area contributed by atoms with Gasteiger partial charge in [0.2, 0.25) is 0 Å². The summed E-state index contributed by atoms with van der Waals surface area (Å²) in [6, 6.07) is 0.742. The minimum absolute atomic E-state index is 0.0161. The number of nitrogens with zero attached hydrogens (tertiary/aromatic N) is 1. The SMILES string of the molecule is C=C(COC1CCOC1)C1CC=CC(NC2=NNC([C@H]3CC[C@@H](OC(=O)NC(C)CC)C3)C2)C1NC. The molecule has 8 atom stereocenters. The van der Waals surface area contributed by atoms with E-state index < -0.39 is 0 Å². The first-order valence-electron chi connectivity index (χ1n) is 13.7. The van der Waals surface area contributed by atoms with Gasteiger partial charge in [-0.05, 0) is 64.0 Å². The van der Waals surface area contributed by atoms with Gasteiger partial charge in [-0.15, -0.1) is 0 Å². The van der Waals surface area contributed by atoms with Gasteiger partial charge in [-0.3, -0.25) is 0 Å². The number of ether oxygens (including phenoxy) is 3. The second-order valence-electron chi connectivity index (χ2n) is 10.8. The summed E-state index contributed by atoms with van der Waals surface area (Å²) in [6.45, 7) is 10.4. The number of alkyl carbamates (subject to hydrolysis) is 1. The first-order valence-corrected chi connectivity index (χ1v) is 13.7. The monoisotopic (exact) mass is 503 g/mol. The molecule has 4 aliphatic rings. The zero-order valence-corrected chi connectivity index (χ0v) is 22.1. The van der Waals surface area contributed by atoms with Crippen LogP contribution in [0, 0.1) is 11.8 Å². The molecule has 0 aromatic carbocycles. The van der Waals surface area contributed by atoms with Gasteiger partial charge in [-0.2, -0.15) is 5.10 Å². The van der Waals surface area contributed by atoms with E-state index in [2.05, 4.69) is 45.2 Å². The Hall–Kier alpha value is -2.10. The van der Waals surface area contributed by atoms with Gasteiger partial charge in [0.25, 0.3) is 0 Å². The van der Waals surface area contributed by atoms with Gasteiger partial charge in [0.1, 0.15) is 11.9 Å². The molecule has 2 heterocycles. The highest BCUT2D eigenvalue weighted by Gasteiger charge is 2.37. The van der Waals surface area contributed by atoms with Gasteiger partial charge in [0.15, 0.2) is 0 Å². The van der Waals surface area contributed by atoms with Crippen molar-refractivity contribution in [2.45, 2.75) is 95.2 Å². The summed E-state index contributed by atoms with van der Waals surface area (Å²) in [5.74, 6) is 1.72. The maximum absolute atomic E-state index is 12.1. The molecule has 2 aliphatic carbocycles. The molecule has 4 N–H and O–H groups in total. The Morgan fingerprint density at radius 3 is 2.94 bits per heavy atom. The molecule has 0 aromatic rings. The van der Waals surface area contributed by atoms with Crippen molar-refractivity contribution in [1.82, 2.24) is 21.4 Å². The van der Waals surface area contributed by atoms with Crippen LogP contribution in [0.2, 0.25) is 0 Å². The largest absolute Gasteiger partial charge is 0.446 e. The predicted octanol–water partition coefficient (Wildman–Crippen LogP) is 2.84. The number of amidine groups is 1. The normalized spacial score (nSPS) is 34.6. The third-order valence-corrected chi connectivity index (χ3v) is 8.16. The van der Waals surface area contributed by atoms with Crippen molar-refractivity contribution in [1.29, 1.82) is 0 Å². The summed E-state index contributed by atoms with van der Waals surface area (Å²) in [5.41, 5.74) is 4.47. The highest BCUT2D eigenvalue weighted by molar-refractivity contribution is 5.84. The molecule has 0 bridgehead atoms. The Kier molecular flexibility index (Phi) is 9.67. The summed E-state index contributed by atoms with van der Waals surface area (Å²) >= 11 is 0. The fourth-order valence-electron chi connectivity index (χ4n) is 5.75. The topological polar surface area (TPSA) is 105 Å². The Bertz CT molecular complexity index is 812. The quantitative estimate of drug-likeness (QED) is 0.340. The van der Waals surface area contributed by atoms with Crippen LogP contribution in [0.3, 0.4) is 0 Å². The predicted molar refractivity (Wildman–Crippen MR) is 141 cm³/mol. The summed E-state index contributed by atoms with van der Waals surface area (Å²) in [7, 11) is 2.01. The van der Waals surface area contributed by atoms with Crippen molar-refractivity contribution in [3.63, 3.8) is 0 Å². The summed E-state index contributed by atoms with van der Waals surface area (Å²) in [5, 5.41) is 14.7. The molecule has 0 spiro atoms. The van der Waals surface area contributed by atoms with Crippen molar-refractivity contribution in [2.75, 3.05) is 26.9 Å². The second kappa shape index (κ2) is 12.9. The van der Waals surface area contributed by atoms with Gasteiger partial charge in [-0.1, -0.05) is 25.7 Å². The van der Waals surface area contributed by atoms with Crippen LogP contribution in [-0.4, -0.2) is 75.2 Å². The number of carbonyl (C=O) groups is 1. The summed E-state index contributed by atoms with van der Waals surface area (Å²) in [4.78, 5) is 12.1. The number of amides is 1. The van der Waals surface area contributed by atoms with E-state index in [1.54, 1.807) is 0 Å². The number of hydrogen-bond donors (Lipinski definition) is 4. The van der Waals surface area contributed by atoms with Gasteiger partial charge in [-0.25, -0.2) is 4.79 Å². The van der Waals surface area contributed by atoms with Crippen LogP contribution in [-0.2, 0) is 14.2 Å². The van der Waals surface area contributed by atoms with Crippen LogP contribution in [0.25, 0.3) is 0 Å². The second-order valence-corrected chi connectivity index (χ2v) is 10.8. The van der Waals surface area contributed by atoms with Crippen LogP contribution in [0.1, 0.15) is 58.8 Å². The third-order valence-electron chi connectivity index (χ3n) is 8.16. The van der Waals surface area contributed by atoms with E-state index in [-0.39, 0.29) is 42.5 Å². The average molecular weight is 504 g/mol. The van der Waals surface area contributed by atoms with Crippen molar-refractivity contribution >= 4 is 11.9 Å². The minimum Gasteiger partial charge on any atom is -0.446 e. The number of carbonyl (C=O) groups excluding carboxylic acids is 1. The lowest BCUT2D eigenvalue weighted by atomic mass is 9.81. The molecular formula is C27H45N5O4. The molecule has 1 saturated heterocycles. The van der Waals surface area contributed by atoms with Gasteiger partial charge < -0.3 is 35.6 Å². The first-order chi connectivity index (χ1) is 17.5. The maximum atomic E-state index is 12.1. The minimum atomic E-state index is -0.298. The Labute approximate surface area is 215 Å². The summed E-state index contributed by atoms with van der Waals surface area (Å²) in [6.07, 6.45) is 10.8. The Balaban J connectivity index is 1.23. The average Bonchev–Trinajstić information content (AvgIpc) is 3.64. The number of nitrogens with one attached hydrogen (secondary N) is 4. The molecule has 2 fully saturated rings. The molecule has 0 radical (unpaired) electrons. The zero-order valence-electron chi connectivity index (χ0n) is 22.1. The fraction of sp³-hybridized carbons (Fsp3) is 0.778. The number of likely N-dealkylation sites (N-methyl/N-ethyl adjacent to an activating group) is 1. The number of hydrazone groups is 1. The van der Waals surface area contributed by atoms with Crippen molar-refractivity contribution < 1.29 is 19.0 Å². The summed E-state index contributed by atoms with van der Waals surface area (Å²) < 4.78 is 17.1. The Morgan fingerprint density at radius 1 is 1.33 bits per heavy atom. The first kappa shape index (κ1) is 26.9. The molecule has 2 aliphatic heterocycles. The van der Waals surface area contributed by atoms with Gasteiger partial charge in [0.05, 0.1) is 31.4 Å². The smallest absolute Gasteiger partial charge is 0.407 e. The zero-order chi connectivity index (χ0) is 25.5. The van der Waals surface area contributed by atoms with Crippen LogP contribution >= 0.6 is 0 Å². The molecule has 1 saturated carbocycles. The Morgan fingerprint density at radius 2 is 2.19 bits per heavy atom. The fourth-order valence-corrected chi connectivity index (χ4v) is 5.75. The van der Waals surface area contributed by atoms with E-state index in [0.29, 0.717) is 25.0 Å². The van der Waals surface area contributed by atoms with E-state index in [1.165, 1.54) is 0 Å². The van der Waals surface area contributed by atoms with Crippen LogP contribution in [0.4, 0.5) is 4.79 Å². The molecule has 9 heteroatoms. The molecule has 9 nitrogen and oxygen atoms in total. The van der Waals surface area contributed by atoms with Crippen molar-refractivity contribution in [2.24, 2.45) is 16.9 Å². The molecular weight excluding hydrogens is 458 g/mol. The van der Waals surface area contributed by atoms with Crippen LogP contribution in [0.15, 0.2) is 29.4 Å². The van der Waals surface area contributed by atoms with E-state index in [0.717, 1.165) is 63.0 Å². The highest BCUT2D eigenvalue weighted by atomic mass is 16.6. The lowest BCUT2D eigenvalue weighted by Crippen LogP contribution is -2.53.